The average molecular weight is 310 g/mol. The number of aromatic hydroxyl groups is 1. The van der Waals surface area contributed by atoms with E-state index in [0.717, 1.165) is 10.9 Å². The second-order valence-electron chi connectivity index (χ2n) is 5.06. The topological polar surface area (TPSA) is 90.3 Å². The van der Waals surface area contributed by atoms with Crippen LogP contribution in [0.1, 0.15) is 6.42 Å². The third kappa shape index (κ3) is 3.49. The molecule has 0 atom stereocenters. The summed E-state index contributed by atoms with van der Waals surface area (Å²) < 4.78 is 0. The van der Waals surface area contributed by atoms with Crippen molar-refractivity contribution < 1.29 is 10.2 Å². The quantitative estimate of drug-likeness (QED) is 0.413. The molecule has 3 aromatic rings. The van der Waals surface area contributed by atoms with Gasteiger partial charge in [0.1, 0.15) is 11.6 Å². The maximum atomic E-state index is 9.87. The molecule has 118 valence electrons. The zero-order valence-corrected chi connectivity index (χ0v) is 12.5. The fraction of sp³-hybridized carbons (Fsp3) is 0.176. The molecule has 0 fully saturated rings. The minimum atomic E-state index is 0.124. The van der Waals surface area contributed by atoms with Crippen LogP contribution in [0.15, 0.2) is 48.5 Å². The summed E-state index contributed by atoms with van der Waals surface area (Å²) in [5, 5.41) is 26.0. The van der Waals surface area contributed by atoms with Crippen LogP contribution in [-0.2, 0) is 0 Å². The summed E-state index contributed by atoms with van der Waals surface area (Å²) in [7, 11) is 0. The van der Waals surface area contributed by atoms with Crippen LogP contribution in [0.3, 0.4) is 0 Å². The van der Waals surface area contributed by atoms with Crippen LogP contribution >= 0.6 is 0 Å². The monoisotopic (exact) mass is 310 g/mol. The summed E-state index contributed by atoms with van der Waals surface area (Å²) in [6, 6.07) is 14.6. The second kappa shape index (κ2) is 6.93. The lowest BCUT2D eigenvalue weighted by Crippen LogP contribution is -2.08. The molecule has 0 aliphatic carbocycles. The predicted octanol–water partition coefficient (Wildman–Crippen LogP) is 2.87. The summed E-state index contributed by atoms with van der Waals surface area (Å²) in [5.74, 6) is 1.23. The number of hydrogen-bond acceptors (Lipinski definition) is 6. The Hall–Kier alpha value is -2.86. The van der Waals surface area contributed by atoms with Crippen LogP contribution in [0.25, 0.3) is 10.9 Å². The van der Waals surface area contributed by atoms with Crippen LogP contribution in [0.5, 0.6) is 5.75 Å². The summed E-state index contributed by atoms with van der Waals surface area (Å²) >= 11 is 0. The summed E-state index contributed by atoms with van der Waals surface area (Å²) in [6.07, 6.45) is 0.639. The van der Waals surface area contributed by atoms with Crippen molar-refractivity contribution in [1.82, 2.24) is 9.97 Å². The van der Waals surface area contributed by atoms with Crippen LogP contribution < -0.4 is 10.6 Å². The highest BCUT2D eigenvalue weighted by atomic mass is 16.3. The minimum Gasteiger partial charge on any atom is -0.506 e. The largest absolute Gasteiger partial charge is 0.506 e. The molecule has 2 aromatic carbocycles. The Morgan fingerprint density at radius 2 is 1.74 bits per heavy atom. The molecule has 6 heteroatoms. The third-order valence-electron chi connectivity index (χ3n) is 3.38. The van der Waals surface area contributed by atoms with Crippen LogP contribution in [0.2, 0.25) is 0 Å². The minimum absolute atomic E-state index is 0.124. The van der Waals surface area contributed by atoms with E-state index in [1.54, 1.807) is 18.2 Å². The highest BCUT2D eigenvalue weighted by molar-refractivity contribution is 5.90. The SMILES string of the molecule is OCCCNc1nc(Nc2ccccc2O)nc2ccccc12. The third-order valence-corrected chi connectivity index (χ3v) is 3.38. The van der Waals surface area contributed by atoms with Gasteiger partial charge >= 0.3 is 0 Å². The number of rotatable bonds is 6. The number of phenols is 1. The van der Waals surface area contributed by atoms with Gasteiger partial charge in [-0.1, -0.05) is 24.3 Å². The van der Waals surface area contributed by atoms with Crippen molar-refractivity contribution in [2.24, 2.45) is 0 Å². The first-order chi connectivity index (χ1) is 11.3. The van der Waals surface area contributed by atoms with Crippen LogP contribution in [0, 0.1) is 0 Å². The van der Waals surface area contributed by atoms with E-state index >= 15 is 0 Å². The molecule has 0 saturated carbocycles. The number of nitrogens with one attached hydrogen (secondary N) is 2. The number of hydrogen-bond donors (Lipinski definition) is 4. The van der Waals surface area contributed by atoms with Crippen LogP contribution in [0.4, 0.5) is 17.5 Å². The van der Waals surface area contributed by atoms with Crippen molar-refractivity contribution >= 4 is 28.4 Å². The van der Waals surface area contributed by atoms with Gasteiger partial charge in [0.05, 0.1) is 11.2 Å². The molecule has 4 N–H and O–H groups in total. The number of anilines is 3. The highest BCUT2D eigenvalue weighted by Gasteiger charge is 2.08. The number of nitrogens with zero attached hydrogens (tertiary/aromatic N) is 2. The van der Waals surface area contributed by atoms with Gasteiger partial charge in [-0.05, 0) is 30.7 Å². The maximum absolute atomic E-state index is 9.87. The molecule has 0 radical (unpaired) electrons. The van der Waals surface area contributed by atoms with Gasteiger partial charge in [-0.2, -0.15) is 4.98 Å². The lowest BCUT2D eigenvalue weighted by atomic mass is 10.2. The van der Waals surface area contributed by atoms with E-state index in [1.165, 1.54) is 0 Å². The molecule has 23 heavy (non-hydrogen) atoms. The van der Waals surface area contributed by atoms with Gasteiger partial charge in [-0.3, -0.25) is 0 Å². The van der Waals surface area contributed by atoms with Gasteiger partial charge in [-0.15, -0.1) is 0 Å². The standard InChI is InChI=1S/C17H18N4O2/c22-11-5-10-18-16-12-6-1-2-7-13(12)19-17(21-16)20-14-8-3-4-9-15(14)23/h1-4,6-9,22-23H,5,10-11H2,(H2,18,19,20,21). The summed E-state index contributed by atoms with van der Waals surface area (Å²) in [6.45, 7) is 0.743. The number of aliphatic hydroxyl groups excluding tert-OH is 1. The highest BCUT2D eigenvalue weighted by Crippen LogP contribution is 2.27. The smallest absolute Gasteiger partial charge is 0.229 e. The molecule has 0 saturated heterocycles. The first kappa shape index (κ1) is 15.1. The number of aliphatic hydroxyl groups is 1. The lowest BCUT2D eigenvalue weighted by molar-refractivity contribution is 0.292. The number of fused-ring (bicyclic) bond motifs is 1. The first-order valence-electron chi connectivity index (χ1n) is 7.44. The normalized spacial score (nSPS) is 10.7. The van der Waals surface area contributed by atoms with Gasteiger partial charge in [0.25, 0.3) is 0 Å². The number of phenolic OH excluding ortho intramolecular Hbond substituents is 1. The number of benzene rings is 2. The Morgan fingerprint density at radius 1 is 0.957 bits per heavy atom. The molecule has 1 aromatic heterocycles. The van der Waals surface area contributed by atoms with Gasteiger partial charge in [0.2, 0.25) is 5.95 Å². The van der Waals surface area contributed by atoms with Crippen molar-refractivity contribution in [3.05, 3.63) is 48.5 Å². The molecule has 0 unspecified atom stereocenters. The number of para-hydroxylation sites is 3. The average Bonchev–Trinajstić information content (AvgIpc) is 2.57. The molecule has 1 heterocycles. The fourth-order valence-corrected chi connectivity index (χ4v) is 2.25. The Kier molecular flexibility index (Phi) is 4.54. The van der Waals surface area contributed by atoms with E-state index in [0.29, 0.717) is 30.4 Å². The van der Waals surface area contributed by atoms with Gasteiger partial charge in [0.15, 0.2) is 0 Å². The van der Waals surface area contributed by atoms with Crippen molar-refractivity contribution in [2.75, 3.05) is 23.8 Å². The Balaban J connectivity index is 1.95. The van der Waals surface area contributed by atoms with Crippen LogP contribution in [-0.4, -0.2) is 33.3 Å². The van der Waals surface area contributed by atoms with Crippen molar-refractivity contribution in [1.29, 1.82) is 0 Å². The van der Waals surface area contributed by atoms with Gasteiger partial charge < -0.3 is 20.8 Å². The maximum Gasteiger partial charge on any atom is 0.229 e. The first-order valence-corrected chi connectivity index (χ1v) is 7.44. The fourth-order valence-electron chi connectivity index (χ4n) is 2.25. The molecule has 0 spiro atoms. The molecule has 0 aliphatic heterocycles. The van der Waals surface area contributed by atoms with E-state index in [-0.39, 0.29) is 12.4 Å². The van der Waals surface area contributed by atoms with E-state index < -0.39 is 0 Å². The number of aromatic nitrogens is 2. The van der Waals surface area contributed by atoms with Crippen molar-refractivity contribution in [3.63, 3.8) is 0 Å². The molecular formula is C17H18N4O2. The van der Waals surface area contributed by atoms with Gasteiger partial charge in [0, 0.05) is 18.5 Å². The Bertz CT molecular complexity index is 807. The lowest BCUT2D eigenvalue weighted by Gasteiger charge is -2.12. The molecule has 0 bridgehead atoms. The predicted molar refractivity (Wildman–Crippen MR) is 91.1 cm³/mol. The molecule has 0 aliphatic rings. The Labute approximate surface area is 133 Å². The van der Waals surface area contributed by atoms with E-state index in [4.69, 9.17) is 5.11 Å². The molecular weight excluding hydrogens is 292 g/mol. The van der Waals surface area contributed by atoms with E-state index in [1.807, 2.05) is 30.3 Å². The van der Waals surface area contributed by atoms with E-state index in [2.05, 4.69) is 20.6 Å². The van der Waals surface area contributed by atoms with Gasteiger partial charge in [-0.25, -0.2) is 4.98 Å². The molecule has 3 rings (SSSR count). The Morgan fingerprint density at radius 3 is 2.57 bits per heavy atom. The zero-order valence-electron chi connectivity index (χ0n) is 12.5. The van der Waals surface area contributed by atoms with Crippen molar-refractivity contribution in [2.45, 2.75) is 6.42 Å². The van der Waals surface area contributed by atoms with E-state index in [9.17, 15) is 5.11 Å². The van der Waals surface area contributed by atoms with Crippen molar-refractivity contribution in [3.8, 4) is 5.75 Å². The molecule has 0 amide bonds. The summed E-state index contributed by atoms with van der Waals surface area (Å²) in [4.78, 5) is 8.96. The second-order valence-corrected chi connectivity index (χ2v) is 5.06. The zero-order chi connectivity index (χ0) is 16.1. The summed E-state index contributed by atoms with van der Waals surface area (Å²) in [5.41, 5.74) is 1.34. The molecule has 6 nitrogen and oxygen atoms in total.